The third-order valence-electron chi connectivity index (χ3n) is 3.44. The van der Waals surface area contributed by atoms with Crippen LogP contribution < -0.4 is 10.6 Å². The molecule has 27 heavy (non-hydrogen) atoms. The van der Waals surface area contributed by atoms with Crippen molar-refractivity contribution in [3.8, 4) is 0 Å². The van der Waals surface area contributed by atoms with Gasteiger partial charge in [0.1, 0.15) is 0 Å². The standard InChI is InChI=1S/C18H24N2O7/c1-26-18(25)9-11-27-10-8-16(22)20-14-4-2-13(3-5-14)12-19-15(21)6-7-17(23)24/h2-5H,6-12H2,1H3,(H,19,21)(H,20,22)(H,23,24). The minimum absolute atomic E-state index is 0.0643. The van der Waals surface area contributed by atoms with Crippen molar-refractivity contribution in [3.05, 3.63) is 29.8 Å². The molecule has 9 heteroatoms. The Morgan fingerprint density at radius 1 is 0.926 bits per heavy atom. The van der Waals surface area contributed by atoms with Gasteiger partial charge < -0.3 is 25.2 Å². The van der Waals surface area contributed by atoms with Gasteiger partial charge in [-0.3, -0.25) is 19.2 Å². The topological polar surface area (TPSA) is 131 Å². The number of amides is 2. The largest absolute Gasteiger partial charge is 0.481 e. The summed E-state index contributed by atoms with van der Waals surface area (Å²) in [7, 11) is 1.30. The lowest BCUT2D eigenvalue weighted by molar-refractivity contribution is -0.142. The maximum atomic E-state index is 11.8. The Hall–Kier alpha value is -2.94. The van der Waals surface area contributed by atoms with Crippen LogP contribution in [0.25, 0.3) is 0 Å². The molecular weight excluding hydrogens is 356 g/mol. The lowest BCUT2D eigenvalue weighted by atomic mass is 10.2. The number of ether oxygens (including phenoxy) is 2. The number of carboxylic acid groups (broad SMARTS) is 1. The average molecular weight is 380 g/mol. The van der Waals surface area contributed by atoms with Gasteiger partial charge in [0, 0.05) is 18.7 Å². The Labute approximate surface area is 157 Å². The third-order valence-corrected chi connectivity index (χ3v) is 3.44. The molecule has 0 saturated carbocycles. The normalized spacial score (nSPS) is 10.1. The highest BCUT2D eigenvalue weighted by molar-refractivity contribution is 5.90. The SMILES string of the molecule is COC(=O)CCOCCC(=O)Nc1ccc(CNC(=O)CCC(=O)O)cc1. The number of hydrogen-bond acceptors (Lipinski definition) is 6. The summed E-state index contributed by atoms with van der Waals surface area (Å²) < 4.78 is 9.66. The molecule has 0 aliphatic heterocycles. The zero-order valence-corrected chi connectivity index (χ0v) is 15.2. The molecule has 0 aromatic heterocycles. The first kappa shape index (κ1) is 22.1. The van der Waals surface area contributed by atoms with Crippen LogP contribution in [-0.2, 0) is 35.2 Å². The first-order valence-corrected chi connectivity index (χ1v) is 8.42. The number of rotatable bonds is 12. The van der Waals surface area contributed by atoms with Crippen LogP contribution in [0.2, 0.25) is 0 Å². The number of methoxy groups -OCH3 is 1. The molecule has 0 unspecified atom stereocenters. The zero-order chi connectivity index (χ0) is 20.1. The van der Waals surface area contributed by atoms with Crippen LogP contribution in [-0.4, -0.2) is 49.2 Å². The Balaban J connectivity index is 2.25. The van der Waals surface area contributed by atoms with Crippen LogP contribution in [0.4, 0.5) is 5.69 Å². The molecule has 1 aromatic rings. The lowest BCUT2D eigenvalue weighted by Crippen LogP contribution is -2.23. The van der Waals surface area contributed by atoms with Crippen molar-refractivity contribution >= 4 is 29.4 Å². The molecule has 3 N–H and O–H groups in total. The van der Waals surface area contributed by atoms with E-state index in [4.69, 9.17) is 9.84 Å². The molecule has 9 nitrogen and oxygen atoms in total. The van der Waals surface area contributed by atoms with Crippen LogP contribution >= 0.6 is 0 Å². The molecule has 2 amide bonds. The zero-order valence-electron chi connectivity index (χ0n) is 15.2. The number of carbonyl (C=O) groups is 4. The monoisotopic (exact) mass is 380 g/mol. The summed E-state index contributed by atoms with van der Waals surface area (Å²) >= 11 is 0. The Bertz CT molecular complexity index is 644. The summed E-state index contributed by atoms with van der Waals surface area (Å²) in [5.74, 6) is -1.93. The molecule has 0 aliphatic carbocycles. The molecule has 0 bridgehead atoms. The molecule has 0 aliphatic rings. The fourth-order valence-corrected chi connectivity index (χ4v) is 1.96. The highest BCUT2D eigenvalue weighted by Gasteiger charge is 2.06. The van der Waals surface area contributed by atoms with Gasteiger partial charge in [-0.25, -0.2) is 0 Å². The summed E-state index contributed by atoms with van der Waals surface area (Å²) in [6, 6.07) is 6.91. The number of carboxylic acids is 1. The quantitative estimate of drug-likeness (QED) is 0.365. The van der Waals surface area contributed by atoms with E-state index in [1.807, 2.05) is 0 Å². The molecule has 0 saturated heterocycles. The van der Waals surface area contributed by atoms with Crippen molar-refractivity contribution in [2.45, 2.75) is 32.2 Å². The highest BCUT2D eigenvalue weighted by Crippen LogP contribution is 2.10. The number of benzene rings is 1. The van der Waals surface area contributed by atoms with Gasteiger partial charge in [-0.2, -0.15) is 0 Å². The average Bonchev–Trinajstić information content (AvgIpc) is 2.65. The summed E-state index contributed by atoms with van der Waals surface area (Å²) in [5, 5.41) is 13.9. The van der Waals surface area contributed by atoms with Gasteiger partial charge in [-0.05, 0) is 17.7 Å². The minimum Gasteiger partial charge on any atom is -0.481 e. The van der Waals surface area contributed by atoms with Crippen LogP contribution in [0.1, 0.15) is 31.2 Å². The lowest BCUT2D eigenvalue weighted by Gasteiger charge is -2.08. The number of nitrogens with one attached hydrogen (secondary N) is 2. The molecule has 0 fully saturated rings. The maximum Gasteiger partial charge on any atom is 0.307 e. The van der Waals surface area contributed by atoms with E-state index in [0.717, 1.165) is 5.56 Å². The molecule has 148 valence electrons. The summed E-state index contributed by atoms with van der Waals surface area (Å²) in [5.41, 5.74) is 1.43. The van der Waals surface area contributed by atoms with E-state index in [9.17, 15) is 19.2 Å². The number of carbonyl (C=O) groups excluding carboxylic acids is 3. The van der Waals surface area contributed by atoms with Crippen molar-refractivity contribution in [2.75, 3.05) is 25.6 Å². The third kappa shape index (κ3) is 10.6. The molecule has 0 spiro atoms. The Morgan fingerprint density at radius 3 is 2.22 bits per heavy atom. The first-order valence-electron chi connectivity index (χ1n) is 8.42. The van der Waals surface area contributed by atoms with Crippen molar-refractivity contribution < 1.29 is 33.8 Å². The predicted octanol–water partition coefficient (Wildman–Crippen LogP) is 1.08. The van der Waals surface area contributed by atoms with Gasteiger partial charge in [0.05, 0.1) is 39.6 Å². The molecule has 1 aromatic carbocycles. The number of aliphatic carboxylic acids is 1. The predicted molar refractivity (Wildman–Crippen MR) is 95.9 cm³/mol. The van der Waals surface area contributed by atoms with E-state index in [2.05, 4.69) is 15.4 Å². The Kier molecular flexibility index (Phi) is 10.2. The second kappa shape index (κ2) is 12.4. The molecular formula is C18H24N2O7. The van der Waals surface area contributed by atoms with Gasteiger partial charge >= 0.3 is 11.9 Å². The van der Waals surface area contributed by atoms with Crippen LogP contribution in [0, 0.1) is 0 Å². The summed E-state index contributed by atoms with van der Waals surface area (Å²) in [6.45, 7) is 0.677. The second-order valence-electron chi connectivity index (χ2n) is 5.60. The summed E-state index contributed by atoms with van der Waals surface area (Å²) in [4.78, 5) is 44.6. The van der Waals surface area contributed by atoms with E-state index < -0.39 is 5.97 Å². The van der Waals surface area contributed by atoms with Gasteiger partial charge in [-0.1, -0.05) is 12.1 Å². The number of anilines is 1. The van der Waals surface area contributed by atoms with Gasteiger partial charge in [-0.15, -0.1) is 0 Å². The second-order valence-corrected chi connectivity index (χ2v) is 5.60. The van der Waals surface area contributed by atoms with Crippen molar-refractivity contribution in [2.24, 2.45) is 0 Å². The first-order chi connectivity index (χ1) is 12.9. The van der Waals surface area contributed by atoms with Gasteiger partial charge in [0.25, 0.3) is 0 Å². The molecule has 0 radical (unpaired) electrons. The van der Waals surface area contributed by atoms with Crippen molar-refractivity contribution in [3.63, 3.8) is 0 Å². The maximum absolute atomic E-state index is 11.8. The molecule has 1 rings (SSSR count). The van der Waals surface area contributed by atoms with Crippen LogP contribution in [0.15, 0.2) is 24.3 Å². The Morgan fingerprint density at radius 2 is 1.59 bits per heavy atom. The van der Waals surface area contributed by atoms with E-state index in [1.165, 1.54) is 7.11 Å². The fourth-order valence-electron chi connectivity index (χ4n) is 1.96. The minimum atomic E-state index is -1.01. The van der Waals surface area contributed by atoms with E-state index in [0.29, 0.717) is 5.69 Å². The van der Waals surface area contributed by atoms with Gasteiger partial charge in [0.15, 0.2) is 0 Å². The van der Waals surface area contributed by atoms with Crippen molar-refractivity contribution in [1.82, 2.24) is 5.32 Å². The van der Waals surface area contributed by atoms with Crippen molar-refractivity contribution in [1.29, 1.82) is 0 Å². The van der Waals surface area contributed by atoms with Crippen LogP contribution in [0.5, 0.6) is 0 Å². The molecule has 0 heterocycles. The van der Waals surface area contributed by atoms with E-state index >= 15 is 0 Å². The van der Waals surface area contributed by atoms with Crippen LogP contribution in [0.3, 0.4) is 0 Å². The van der Waals surface area contributed by atoms with Gasteiger partial charge in [0.2, 0.25) is 11.8 Å². The highest BCUT2D eigenvalue weighted by atomic mass is 16.5. The number of hydrogen-bond donors (Lipinski definition) is 3. The van der Waals surface area contributed by atoms with E-state index in [1.54, 1.807) is 24.3 Å². The van der Waals surface area contributed by atoms with E-state index in [-0.39, 0.29) is 63.2 Å². The summed E-state index contributed by atoms with van der Waals surface area (Å²) in [6.07, 6.45) is 0.0311. The number of esters is 1. The molecule has 0 atom stereocenters. The fraction of sp³-hybridized carbons (Fsp3) is 0.444. The smallest absolute Gasteiger partial charge is 0.307 e.